The number of aliphatic hydroxyl groups is 1. The van der Waals surface area contributed by atoms with Gasteiger partial charge in [-0.05, 0) is 39.9 Å². The van der Waals surface area contributed by atoms with Crippen LogP contribution >= 0.6 is 0 Å². The lowest BCUT2D eigenvalue weighted by atomic mass is 9.89. The second kappa shape index (κ2) is 13.3. The minimum absolute atomic E-state index is 0.0123. The molecular formula is C35H42N2O6. The van der Waals surface area contributed by atoms with Crippen molar-refractivity contribution in [2.24, 2.45) is 5.92 Å². The lowest BCUT2D eigenvalue weighted by molar-refractivity contribution is -0.278. The number of nitrogens with one attached hydrogen (secondary N) is 1. The van der Waals surface area contributed by atoms with E-state index >= 15 is 0 Å². The van der Waals surface area contributed by atoms with Crippen LogP contribution < -0.4 is 5.32 Å². The van der Waals surface area contributed by atoms with Crippen molar-refractivity contribution in [1.29, 1.82) is 0 Å². The molecule has 8 heteroatoms. The summed E-state index contributed by atoms with van der Waals surface area (Å²) in [5.74, 6) is -0.342. The molecule has 2 N–H and O–H groups in total. The van der Waals surface area contributed by atoms with E-state index in [2.05, 4.69) is 59.6 Å². The van der Waals surface area contributed by atoms with E-state index in [9.17, 15) is 9.90 Å². The highest BCUT2D eigenvalue weighted by Crippen LogP contribution is 2.43. The van der Waals surface area contributed by atoms with E-state index in [0.29, 0.717) is 19.8 Å². The van der Waals surface area contributed by atoms with Crippen molar-refractivity contribution in [3.05, 3.63) is 95.1 Å². The number of ether oxygens (including phenoxy) is 4. The Bertz CT molecular complexity index is 1380. The largest absolute Gasteiger partial charge is 0.392 e. The summed E-state index contributed by atoms with van der Waals surface area (Å²) in [6, 6.07) is 24.6. The number of nitrogens with zero attached hydrogens (tertiary/aromatic N) is 1. The molecule has 1 amide bonds. The summed E-state index contributed by atoms with van der Waals surface area (Å²) in [6.07, 6.45) is 0.972. The molecule has 3 heterocycles. The molecule has 0 bridgehead atoms. The first-order chi connectivity index (χ1) is 20.9. The molecular weight excluding hydrogens is 544 g/mol. The maximum Gasteiger partial charge on any atom is 0.217 e. The lowest BCUT2D eigenvalue weighted by Gasteiger charge is -2.44. The molecule has 43 heavy (non-hydrogen) atoms. The first kappa shape index (κ1) is 29.9. The molecule has 0 aliphatic carbocycles. The fraction of sp³-hybridized carbons (Fsp3) is 0.457. The standard InChI is InChI=1S/C35H42N2O6/c1-24-32(22-37-15-13-35(14-16-37)40-17-18-41-35)42-34(43-33(24)28-11-9-26(23-38)10-12-28)31-8-4-7-30(20-31)29-6-3-5-27(19-29)21-36-25(2)39/h3-12,19-20,24,32-34,38H,13-18,21-23H2,1-2H3,(H,36,39)/t24-,32+,33+,34+/m1/s1. The molecule has 0 unspecified atom stereocenters. The molecule has 8 nitrogen and oxygen atoms in total. The van der Waals surface area contributed by atoms with Crippen LogP contribution in [0.5, 0.6) is 0 Å². The molecule has 4 atom stereocenters. The number of rotatable bonds is 8. The van der Waals surface area contributed by atoms with Crippen molar-refractivity contribution in [3.8, 4) is 11.1 Å². The van der Waals surface area contributed by atoms with Crippen LogP contribution in [0.15, 0.2) is 72.8 Å². The van der Waals surface area contributed by atoms with Gasteiger partial charge in [0.2, 0.25) is 5.91 Å². The number of likely N-dealkylation sites (tertiary alicyclic amines) is 1. The van der Waals surface area contributed by atoms with E-state index in [0.717, 1.165) is 65.9 Å². The number of hydrogen-bond donors (Lipinski definition) is 2. The molecule has 3 aromatic rings. The molecule has 0 aromatic heterocycles. The molecule has 1 spiro atoms. The predicted octanol–water partition coefficient (Wildman–Crippen LogP) is 5.11. The van der Waals surface area contributed by atoms with Gasteiger partial charge in [0.1, 0.15) is 0 Å². The summed E-state index contributed by atoms with van der Waals surface area (Å²) >= 11 is 0. The normalized spacial score (nSPS) is 25.6. The quantitative estimate of drug-likeness (QED) is 0.379. The van der Waals surface area contributed by atoms with Crippen LogP contribution in [0.2, 0.25) is 0 Å². The van der Waals surface area contributed by atoms with Crippen molar-refractivity contribution in [2.75, 3.05) is 32.8 Å². The van der Waals surface area contributed by atoms with Gasteiger partial charge in [-0.3, -0.25) is 4.79 Å². The fourth-order valence-electron chi connectivity index (χ4n) is 6.40. The van der Waals surface area contributed by atoms with Crippen molar-refractivity contribution < 1.29 is 28.8 Å². The van der Waals surface area contributed by atoms with Gasteiger partial charge in [-0.1, -0.05) is 67.6 Å². The highest BCUT2D eigenvalue weighted by molar-refractivity contribution is 5.73. The maximum absolute atomic E-state index is 11.4. The Morgan fingerprint density at radius 2 is 1.60 bits per heavy atom. The number of carbonyl (C=O) groups is 1. The zero-order valence-corrected chi connectivity index (χ0v) is 25.0. The highest BCUT2D eigenvalue weighted by Gasteiger charge is 2.43. The van der Waals surface area contributed by atoms with E-state index in [1.807, 2.05) is 30.3 Å². The smallest absolute Gasteiger partial charge is 0.217 e. The third-order valence-electron chi connectivity index (χ3n) is 8.95. The van der Waals surface area contributed by atoms with Gasteiger partial charge in [0, 0.05) is 57.4 Å². The van der Waals surface area contributed by atoms with Crippen LogP contribution in [-0.2, 0) is 36.9 Å². The summed E-state index contributed by atoms with van der Waals surface area (Å²) in [4.78, 5) is 13.9. The summed E-state index contributed by atoms with van der Waals surface area (Å²) in [5, 5.41) is 12.5. The Morgan fingerprint density at radius 1 is 0.907 bits per heavy atom. The zero-order valence-electron chi connectivity index (χ0n) is 25.0. The van der Waals surface area contributed by atoms with Crippen molar-refractivity contribution in [1.82, 2.24) is 10.2 Å². The molecule has 3 aromatic carbocycles. The first-order valence-electron chi connectivity index (χ1n) is 15.4. The van der Waals surface area contributed by atoms with E-state index in [-0.39, 0.29) is 30.6 Å². The van der Waals surface area contributed by atoms with Crippen LogP contribution in [-0.4, -0.2) is 60.7 Å². The second-order valence-electron chi connectivity index (χ2n) is 12.0. The average molecular weight is 587 g/mol. The Kier molecular flexibility index (Phi) is 9.23. The molecule has 228 valence electrons. The van der Waals surface area contributed by atoms with Gasteiger partial charge in [-0.15, -0.1) is 0 Å². The third kappa shape index (κ3) is 7.01. The van der Waals surface area contributed by atoms with Crippen molar-refractivity contribution in [2.45, 2.75) is 64.1 Å². The summed E-state index contributed by atoms with van der Waals surface area (Å²) in [7, 11) is 0. The van der Waals surface area contributed by atoms with Gasteiger partial charge in [-0.25, -0.2) is 0 Å². The summed E-state index contributed by atoms with van der Waals surface area (Å²) in [5.41, 5.74) is 6.09. The fourth-order valence-corrected chi connectivity index (χ4v) is 6.40. The monoisotopic (exact) mass is 586 g/mol. The van der Waals surface area contributed by atoms with E-state index < -0.39 is 12.1 Å². The van der Waals surface area contributed by atoms with Crippen molar-refractivity contribution in [3.63, 3.8) is 0 Å². The Labute approximate surface area is 253 Å². The van der Waals surface area contributed by atoms with Crippen LogP contribution in [0.3, 0.4) is 0 Å². The van der Waals surface area contributed by atoms with Crippen LogP contribution in [0.25, 0.3) is 11.1 Å². The molecule has 6 rings (SSSR count). The van der Waals surface area contributed by atoms with E-state index in [4.69, 9.17) is 18.9 Å². The molecule has 0 radical (unpaired) electrons. The zero-order chi connectivity index (χ0) is 29.8. The molecule has 0 saturated carbocycles. The van der Waals surface area contributed by atoms with Crippen LogP contribution in [0, 0.1) is 5.92 Å². The van der Waals surface area contributed by atoms with E-state index in [1.165, 1.54) is 6.92 Å². The number of carbonyl (C=O) groups excluding carboxylic acids is 1. The van der Waals surface area contributed by atoms with Gasteiger partial charge in [0.15, 0.2) is 12.1 Å². The van der Waals surface area contributed by atoms with Gasteiger partial charge in [0.25, 0.3) is 0 Å². The van der Waals surface area contributed by atoms with Crippen molar-refractivity contribution >= 4 is 5.91 Å². The summed E-state index contributed by atoms with van der Waals surface area (Å²) < 4.78 is 25.4. The molecule has 3 fully saturated rings. The highest BCUT2D eigenvalue weighted by atomic mass is 16.7. The van der Waals surface area contributed by atoms with Gasteiger partial charge in [-0.2, -0.15) is 0 Å². The number of aliphatic hydroxyl groups excluding tert-OH is 1. The van der Waals surface area contributed by atoms with Crippen LogP contribution in [0.4, 0.5) is 0 Å². The van der Waals surface area contributed by atoms with Gasteiger partial charge in [0.05, 0.1) is 32.0 Å². The topological polar surface area (TPSA) is 89.5 Å². The first-order valence-corrected chi connectivity index (χ1v) is 15.4. The third-order valence-corrected chi connectivity index (χ3v) is 8.95. The summed E-state index contributed by atoms with van der Waals surface area (Å²) in [6.45, 7) is 8.19. The van der Waals surface area contributed by atoms with E-state index in [1.54, 1.807) is 0 Å². The van der Waals surface area contributed by atoms with Crippen LogP contribution in [0.1, 0.15) is 61.3 Å². The minimum atomic E-state index is -0.538. The Hall–Kier alpha value is -3.11. The molecule has 3 aliphatic rings. The predicted molar refractivity (Wildman–Crippen MR) is 163 cm³/mol. The van der Waals surface area contributed by atoms with Gasteiger partial charge >= 0.3 is 0 Å². The number of hydrogen-bond acceptors (Lipinski definition) is 7. The number of amides is 1. The lowest BCUT2D eigenvalue weighted by Crippen LogP contribution is -2.50. The minimum Gasteiger partial charge on any atom is -0.392 e. The van der Waals surface area contributed by atoms with Gasteiger partial charge < -0.3 is 34.3 Å². The SMILES string of the molecule is CC(=O)NCc1cccc(-c2cccc([C@H]3O[C@@H](CN4CCC5(CC4)OCCO5)[C@@H](C)[C@@H](c4ccc(CO)cc4)O3)c2)c1. The molecule has 3 saturated heterocycles. The molecule has 3 aliphatic heterocycles. The maximum atomic E-state index is 11.4. The second-order valence-corrected chi connectivity index (χ2v) is 12.0. The Morgan fingerprint density at radius 3 is 2.30 bits per heavy atom. The average Bonchev–Trinajstić information content (AvgIpc) is 3.50. The Balaban J connectivity index is 1.23. The number of piperidine rings is 1. The number of benzene rings is 3.